The van der Waals surface area contributed by atoms with Crippen LogP contribution in [0.15, 0.2) is 0 Å². The summed E-state index contributed by atoms with van der Waals surface area (Å²) in [6.45, 7) is 10.2. The second-order valence-electron chi connectivity index (χ2n) is 11.7. The van der Waals surface area contributed by atoms with E-state index in [1.165, 1.54) is 64.2 Å². The summed E-state index contributed by atoms with van der Waals surface area (Å²) in [4.78, 5) is 11.1. The van der Waals surface area contributed by atoms with Crippen LogP contribution in [-0.2, 0) is 4.79 Å². The molecule has 4 aliphatic rings. The van der Waals surface area contributed by atoms with E-state index in [0.717, 1.165) is 30.1 Å². The van der Waals surface area contributed by atoms with Gasteiger partial charge < -0.3 is 5.11 Å². The van der Waals surface area contributed by atoms with Crippen molar-refractivity contribution in [2.45, 2.75) is 105 Å². The Hall–Kier alpha value is -0.530. The van der Waals surface area contributed by atoms with Crippen molar-refractivity contribution in [2.24, 2.45) is 45.8 Å². The number of hydrogen-bond acceptors (Lipinski definition) is 1. The molecule has 0 amide bonds. The fourth-order valence-electron chi connectivity index (χ4n) is 9.13. The molecule has 4 aliphatic carbocycles. The van der Waals surface area contributed by atoms with Crippen molar-refractivity contribution in [1.82, 2.24) is 0 Å². The highest BCUT2D eigenvalue weighted by molar-refractivity contribution is 5.66. The first-order valence-electron chi connectivity index (χ1n) is 11.9. The van der Waals surface area contributed by atoms with Gasteiger partial charge in [0, 0.05) is 6.42 Å². The normalized spacial score (nSPS) is 50.4. The van der Waals surface area contributed by atoms with Gasteiger partial charge in [0.15, 0.2) is 0 Å². The van der Waals surface area contributed by atoms with Crippen molar-refractivity contribution >= 4 is 5.97 Å². The van der Waals surface area contributed by atoms with E-state index in [9.17, 15) is 4.79 Å². The molecule has 8 atom stereocenters. The third kappa shape index (κ3) is 2.91. The molecule has 27 heavy (non-hydrogen) atoms. The highest BCUT2D eigenvalue weighted by atomic mass is 16.4. The summed E-state index contributed by atoms with van der Waals surface area (Å²) in [5.74, 6) is 3.47. The number of rotatable bonds is 4. The van der Waals surface area contributed by atoms with E-state index >= 15 is 0 Å². The average Bonchev–Trinajstić information content (AvgIpc) is 2.97. The topological polar surface area (TPSA) is 37.3 Å². The number of carboxylic acids is 1. The summed E-state index contributed by atoms with van der Waals surface area (Å²) < 4.78 is 0. The molecule has 0 aliphatic heterocycles. The molecule has 4 rings (SSSR count). The van der Waals surface area contributed by atoms with E-state index in [4.69, 9.17) is 5.11 Å². The highest BCUT2D eigenvalue weighted by Gasteiger charge is 2.62. The third-order valence-electron chi connectivity index (χ3n) is 10.9. The van der Waals surface area contributed by atoms with Crippen LogP contribution in [0.4, 0.5) is 0 Å². The first-order chi connectivity index (χ1) is 12.7. The maximum atomic E-state index is 11.1. The minimum Gasteiger partial charge on any atom is -0.481 e. The zero-order valence-electron chi connectivity index (χ0n) is 18.2. The van der Waals surface area contributed by atoms with Gasteiger partial charge in [-0.1, -0.05) is 40.5 Å². The lowest BCUT2D eigenvalue weighted by atomic mass is 9.40. The van der Waals surface area contributed by atoms with Crippen LogP contribution < -0.4 is 0 Å². The zero-order valence-corrected chi connectivity index (χ0v) is 18.2. The lowest BCUT2D eigenvalue weighted by Gasteiger charge is -2.65. The summed E-state index contributed by atoms with van der Waals surface area (Å²) in [7, 11) is 0. The fraction of sp³-hybridized carbons (Fsp3) is 0.960. The van der Waals surface area contributed by atoms with Crippen molar-refractivity contribution < 1.29 is 9.90 Å². The first kappa shape index (κ1) is 19.8. The minimum absolute atomic E-state index is 0.348. The molecule has 2 heteroatoms. The molecule has 0 heterocycles. The molecule has 0 saturated heterocycles. The Balaban J connectivity index is 1.54. The van der Waals surface area contributed by atoms with Crippen molar-refractivity contribution in [3.05, 3.63) is 0 Å². The molecule has 0 bridgehead atoms. The van der Waals surface area contributed by atoms with Gasteiger partial charge in [-0.2, -0.15) is 0 Å². The number of fused-ring (bicyclic) bond motifs is 5. The van der Waals surface area contributed by atoms with Gasteiger partial charge in [0.25, 0.3) is 0 Å². The predicted molar refractivity (Wildman–Crippen MR) is 110 cm³/mol. The van der Waals surface area contributed by atoms with E-state index in [2.05, 4.69) is 27.7 Å². The summed E-state index contributed by atoms with van der Waals surface area (Å²) in [6, 6.07) is 0. The van der Waals surface area contributed by atoms with E-state index in [1.807, 2.05) is 0 Å². The summed E-state index contributed by atoms with van der Waals surface area (Å²) in [5.41, 5.74) is 1.63. The molecular weight excluding hydrogens is 332 g/mol. The first-order valence-corrected chi connectivity index (χ1v) is 11.9. The number of carboxylic acid groups (broad SMARTS) is 1. The van der Waals surface area contributed by atoms with Gasteiger partial charge in [-0.05, 0) is 104 Å². The lowest BCUT2D eigenvalue weighted by molar-refractivity contribution is -0.154. The highest BCUT2D eigenvalue weighted by Crippen LogP contribution is 2.71. The monoisotopic (exact) mass is 374 g/mol. The average molecular weight is 375 g/mol. The van der Waals surface area contributed by atoms with E-state index < -0.39 is 5.97 Å². The fourth-order valence-corrected chi connectivity index (χ4v) is 9.13. The van der Waals surface area contributed by atoms with E-state index in [-0.39, 0.29) is 0 Å². The Kier molecular flexibility index (Phi) is 4.96. The Morgan fingerprint density at radius 3 is 2.44 bits per heavy atom. The van der Waals surface area contributed by atoms with Crippen LogP contribution in [0.1, 0.15) is 105 Å². The Labute approximate surface area is 166 Å². The molecule has 8 unspecified atom stereocenters. The molecule has 1 N–H and O–H groups in total. The molecule has 4 saturated carbocycles. The maximum Gasteiger partial charge on any atom is 0.303 e. The van der Waals surface area contributed by atoms with Crippen LogP contribution in [-0.4, -0.2) is 11.1 Å². The van der Waals surface area contributed by atoms with Gasteiger partial charge in [-0.3, -0.25) is 4.79 Å². The molecule has 2 nitrogen and oxygen atoms in total. The standard InChI is InChI=1S/C25H42O2/c1-17(7-10-22(26)27)19-8-9-20-18-11-15-23(2)13-5-6-14-25(23,4)21(18)12-16-24(19,20)3/h17-21H,5-16H2,1-4H3,(H,26,27). The summed E-state index contributed by atoms with van der Waals surface area (Å²) in [5, 5.41) is 9.12. The van der Waals surface area contributed by atoms with Crippen LogP contribution in [0.2, 0.25) is 0 Å². The second-order valence-corrected chi connectivity index (χ2v) is 11.7. The van der Waals surface area contributed by atoms with Crippen LogP contribution in [0.25, 0.3) is 0 Å². The Bertz CT molecular complexity index is 585. The second kappa shape index (κ2) is 6.77. The maximum absolute atomic E-state index is 11.1. The number of hydrogen-bond donors (Lipinski definition) is 1. The van der Waals surface area contributed by atoms with Gasteiger partial charge in [0.05, 0.1) is 0 Å². The number of aliphatic carboxylic acids is 1. The van der Waals surface area contributed by atoms with Crippen molar-refractivity contribution in [1.29, 1.82) is 0 Å². The lowest BCUT2D eigenvalue weighted by Crippen LogP contribution is -2.56. The van der Waals surface area contributed by atoms with Gasteiger partial charge in [-0.15, -0.1) is 0 Å². The predicted octanol–water partition coefficient (Wildman–Crippen LogP) is 6.93. The molecule has 4 fully saturated rings. The smallest absolute Gasteiger partial charge is 0.303 e. The molecule has 0 radical (unpaired) electrons. The van der Waals surface area contributed by atoms with Crippen LogP contribution in [0.5, 0.6) is 0 Å². The minimum atomic E-state index is -0.623. The molecule has 0 aromatic heterocycles. The summed E-state index contributed by atoms with van der Waals surface area (Å²) >= 11 is 0. The van der Waals surface area contributed by atoms with Gasteiger partial charge in [0.2, 0.25) is 0 Å². The Morgan fingerprint density at radius 1 is 0.963 bits per heavy atom. The van der Waals surface area contributed by atoms with Gasteiger partial charge in [-0.25, -0.2) is 0 Å². The largest absolute Gasteiger partial charge is 0.481 e. The SMILES string of the molecule is CC(CCC(=O)O)C1CCC2C3CCC4(C)CCCCC4(C)C3CCC12C. The van der Waals surface area contributed by atoms with Crippen molar-refractivity contribution in [3.63, 3.8) is 0 Å². The molecule has 0 aromatic rings. The van der Waals surface area contributed by atoms with Gasteiger partial charge >= 0.3 is 5.97 Å². The van der Waals surface area contributed by atoms with Gasteiger partial charge in [0.1, 0.15) is 0 Å². The quantitative estimate of drug-likeness (QED) is 0.579. The van der Waals surface area contributed by atoms with Crippen LogP contribution >= 0.6 is 0 Å². The van der Waals surface area contributed by atoms with Crippen molar-refractivity contribution in [2.75, 3.05) is 0 Å². The van der Waals surface area contributed by atoms with E-state index in [1.54, 1.807) is 0 Å². The molecule has 0 aromatic carbocycles. The molecule has 154 valence electrons. The van der Waals surface area contributed by atoms with Crippen LogP contribution in [0.3, 0.4) is 0 Å². The molecule has 0 spiro atoms. The zero-order chi connectivity index (χ0) is 19.4. The summed E-state index contributed by atoms with van der Waals surface area (Å²) in [6.07, 6.45) is 15.6. The number of carbonyl (C=O) groups is 1. The molecular formula is C25H42O2. The van der Waals surface area contributed by atoms with Crippen LogP contribution in [0, 0.1) is 45.8 Å². The van der Waals surface area contributed by atoms with Crippen molar-refractivity contribution in [3.8, 4) is 0 Å². The Morgan fingerprint density at radius 2 is 1.70 bits per heavy atom. The third-order valence-corrected chi connectivity index (χ3v) is 10.9. The van der Waals surface area contributed by atoms with E-state index in [0.29, 0.717) is 28.6 Å².